The molecule has 0 bridgehead atoms. The molecule has 4 nitrogen and oxygen atoms in total. The van der Waals surface area contributed by atoms with Gasteiger partial charge in [-0.2, -0.15) is 0 Å². The zero-order valence-corrected chi connectivity index (χ0v) is 14.9. The molecule has 0 aliphatic heterocycles. The quantitative estimate of drug-likeness (QED) is 0.806. The lowest BCUT2D eigenvalue weighted by atomic mass is 9.95. The molecule has 0 amide bonds. The molecule has 0 saturated heterocycles. The number of phenolic OH excluding ortho intramolecular Hbond substituents is 1. The molecule has 2 aromatic carbocycles. The van der Waals surface area contributed by atoms with Gasteiger partial charge in [-0.15, -0.1) is 0 Å². The highest BCUT2D eigenvalue weighted by Crippen LogP contribution is 2.36. The van der Waals surface area contributed by atoms with E-state index in [-0.39, 0.29) is 6.35 Å². The van der Waals surface area contributed by atoms with E-state index in [9.17, 15) is 14.6 Å². The molecule has 0 aromatic heterocycles. The van der Waals surface area contributed by atoms with Gasteiger partial charge in [-0.1, -0.05) is 12.1 Å². The molecule has 23 heavy (non-hydrogen) atoms. The van der Waals surface area contributed by atoms with Crippen LogP contribution in [-0.2, 0) is 11.0 Å². The zero-order chi connectivity index (χ0) is 17.2. The van der Waals surface area contributed by atoms with Crippen LogP contribution in [0.25, 0.3) is 0 Å². The maximum atomic E-state index is 11.3. The average Bonchev–Trinajstić information content (AvgIpc) is 2.43. The van der Waals surface area contributed by atoms with Gasteiger partial charge in [0.1, 0.15) is 11.5 Å². The van der Waals surface area contributed by atoms with Crippen LogP contribution in [-0.4, -0.2) is 23.0 Å². The predicted molar refractivity (Wildman–Crippen MR) is 92.8 cm³/mol. The third-order valence-corrected chi connectivity index (χ3v) is 4.39. The van der Waals surface area contributed by atoms with Gasteiger partial charge in [0.25, 0.3) is 0 Å². The van der Waals surface area contributed by atoms with E-state index < -0.39 is 7.37 Å². The summed E-state index contributed by atoms with van der Waals surface area (Å²) in [4.78, 5) is 9.33. The summed E-state index contributed by atoms with van der Waals surface area (Å²) in [6.45, 7) is 7.18. The minimum Gasteiger partial charge on any atom is -0.508 e. The molecular formula is C18H23O4P. The highest BCUT2D eigenvalue weighted by molar-refractivity contribution is 7.56. The number of ether oxygens (including phenoxy) is 1. The van der Waals surface area contributed by atoms with Gasteiger partial charge in [-0.05, 0) is 73.2 Å². The summed E-state index contributed by atoms with van der Waals surface area (Å²) in [6, 6.07) is 9.41. The van der Waals surface area contributed by atoms with Crippen molar-refractivity contribution in [2.75, 3.05) is 13.0 Å². The number of aromatic hydroxyl groups is 1. The van der Waals surface area contributed by atoms with Gasteiger partial charge in [-0.25, -0.2) is 0 Å². The van der Waals surface area contributed by atoms with E-state index in [0.717, 1.165) is 28.7 Å². The summed E-state index contributed by atoms with van der Waals surface area (Å²) >= 11 is 0. The van der Waals surface area contributed by atoms with Crippen LogP contribution >= 0.6 is 7.37 Å². The van der Waals surface area contributed by atoms with Crippen LogP contribution < -0.4 is 4.74 Å². The van der Waals surface area contributed by atoms with Crippen molar-refractivity contribution in [3.8, 4) is 11.5 Å². The highest BCUT2D eigenvalue weighted by atomic mass is 31.2. The Hall–Kier alpha value is -1.77. The van der Waals surface area contributed by atoms with E-state index in [1.165, 1.54) is 12.2 Å². The molecule has 0 heterocycles. The Morgan fingerprint density at radius 3 is 2.17 bits per heavy atom. The summed E-state index contributed by atoms with van der Waals surface area (Å²) in [5.41, 5.74) is 5.35. The largest absolute Gasteiger partial charge is 0.508 e. The molecule has 1 unspecified atom stereocenters. The summed E-state index contributed by atoms with van der Waals surface area (Å²) < 4.78 is 16.8. The summed E-state index contributed by atoms with van der Waals surface area (Å²) in [5.74, 6) is 0.917. The van der Waals surface area contributed by atoms with Gasteiger partial charge in [-0.3, -0.25) is 4.57 Å². The van der Waals surface area contributed by atoms with E-state index in [2.05, 4.69) is 0 Å². The smallest absolute Gasteiger partial charge is 0.233 e. The van der Waals surface area contributed by atoms with Crippen molar-refractivity contribution in [3.05, 3.63) is 58.1 Å². The second-order valence-electron chi connectivity index (χ2n) is 6.16. The van der Waals surface area contributed by atoms with Crippen LogP contribution in [0.2, 0.25) is 0 Å². The van der Waals surface area contributed by atoms with E-state index in [1.807, 2.05) is 45.0 Å². The third kappa shape index (κ3) is 4.85. The normalized spacial score (nSPS) is 13.6. The molecule has 2 aromatic rings. The number of rotatable bonds is 5. The number of phenols is 1. The predicted octanol–water partition coefficient (Wildman–Crippen LogP) is 4.14. The molecule has 0 radical (unpaired) electrons. The van der Waals surface area contributed by atoms with Crippen molar-refractivity contribution in [2.45, 2.75) is 27.2 Å². The van der Waals surface area contributed by atoms with Crippen LogP contribution in [0.5, 0.6) is 11.5 Å². The Balaban J connectivity index is 2.23. The molecule has 0 aliphatic carbocycles. The minimum absolute atomic E-state index is 0.178. The van der Waals surface area contributed by atoms with Gasteiger partial charge in [0.2, 0.25) is 7.37 Å². The molecule has 0 aliphatic rings. The lowest BCUT2D eigenvalue weighted by Gasteiger charge is -2.15. The standard InChI is InChI=1S/C18H23O4P/c1-12-8-16(22-11-23(4,20)21)9-13(2)17(12)10-15-5-6-18(19)14(3)7-15/h5-9,19H,10-11H2,1-4H3,(H,20,21). The molecule has 2 rings (SSSR count). The van der Waals surface area contributed by atoms with Crippen molar-refractivity contribution in [1.29, 1.82) is 0 Å². The van der Waals surface area contributed by atoms with Crippen molar-refractivity contribution < 1.29 is 19.3 Å². The maximum Gasteiger partial charge on any atom is 0.233 e. The van der Waals surface area contributed by atoms with Crippen LogP contribution in [0.1, 0.15) is 27.8 Å². The second-order valence-corrected chi connectivity index (χ2v) is 8.52. The Kier molecular flexibility index (Phi) is 5.18. The Bertz CT molecular complexity index is 739. The summed E-state index contributed by atoms with van der Waals surface area (Å²) in [6.07, 6.45) is 0.591. The lowest BCUT2D eigenvalue weighted by molar-refractivity contribution is 0.352. The lowest BCUT2D eigenvalue weighted by Crippen LogP contribution is -2.01. The fourth-order valence-electron chi connectivity index (χ4n) is 2.54. The van der Waals surface area contributed by atoms with Crippen molar-refractivity contribution in [2.24, 2.45) is 0 Å². The molecule has 0 fully saturated rings. The van der Waals surface area contributed by atoms with Gasteiger partial charge in [0.15, 0.2) is 6.35 Å². The first-order valence-electron chi connectivity index (χ1n) is 7.46. The van der Waals surface area contributed by atoms with Crippen LogP contribution in [0, 0.1) is 20.8 Å². The monoisotopic (exact) mass is 334 g/mol. The van der Waals surface area contributed by atoms with Gasteiger partial charge < -0.3 is 14.7 Å². The topological polar surface area (TPSA) is 66.8 Å². The Morgan fingerprint density at radius 2 is 1.65 bits per heavy atom. The van der Waals surface area contributed by atoms with E-state index >= 15 is 0 Å². The van der Waals surface area contributed by atoms with E-state index in [0.29, 0.717) is 11.5 Å². The minimum atomic E-state index is -3.18. The molecule has 124 valence electrons. The molecule has 0 spiro atoms. The van der Waals surface area contributed by atoms with E-state index in [1.54, 1.807) is 6.07 Å². The van der Waals surface area contributed by atoms with Crippen LogP contribution in [0.3, 0.4) is 0 Å². The molecular weight excluding hydrogens is 311 g/mol. The average molecular weight is 334 g/mol. The van der Waals surface area contributed by atoms with E-state index in [4.69, 9.17) is 4.74 Å². The van der Waals surface area contributed by atoms with Crippen molar-refractivity contribution in [3.63, 3.8) is 0 Å². The highest BCUT2D eigenvalue weighted by Gasteiger charge is 2.13. The number of aryl methyl sites for hydroxylation is 3. The van der Waals surface area contributed by atoms with Gasteiger partial charge in [0.05, 0.1) is 0 Å². The van der Waals surface area contributed by atoms with Gasteiger partial charge >= 0.3 is 0 Å². The first-order valence-corrected chi connectivity index (χ1v) is 9.75. The first-order chi connectivity index (χ1) is 10.7. The molecule has 1 atom stereocenters. The Morgan fingerprint density at radius 1 is 1.04 bits per heavy atom. The maximum absolute atomic E-state index is 11.3. The van der Waals surface area contributed by atoms with Crippen molar-refractivity contribution >= 4 is 7.37 Å². The molecule has 0 saturated carbocycles. The summed E-state index contributed by atoms with van der Waals surface area (Å²) in [7, 11) is -3.18. The number of benzene rings is 2. The SMILES string of the molecule is Cc1cc(Cc2c(C)cc(OCP(C)(=O)O)cc2C)ccc1O. The van der Waals surface area contributed by atoms with Crippen molar-refractivity contribution in [1.82, 2.24) is 0 Å². The summed E-state index contributed by atoms with van der Waals surface area (Å²) in [5, 5.41) is 9.62. The number of hydrogen-bond acceptors (Lipinski definition) is 3. The fourth-order valence-corrected chi connectivity index (χ4v) is 2.93. The zero-order valence-electron chi connectivity index (χ0n) is 14.0. The molecule has 5 heteroatoms. The molecule has 2 N–H and O–H groups in total. The third-order valence-electron chi connectivity index (χ3n) is 3.78. The first kappa shape index (κ1) is 17.6. The fraction of sp³-hybridized carbons (Fsp3) is 0.333. The Labute approximate surface area is 137 Å². The second kappa shape index (κ2) is 6.77. The van der Waals surface area contributed by atoms with Gasteiger partial charge in [0, 0.05) is 6.66 Å². The van der Waals surface area contributed by atoms with Crippen LogP contribution in [0.4, 0.5) is 0 Å². The van der Waals surface area contributed by atoms with Crippen LogP contribution in [0.15, 0.2) is 30.3 Å². The number of hydrogen-bond donors (Lipinski definition) is 2.